The molecule has 0 bridgehead atoms. The number of likely N-dealkylation sites (tertiary alicyclic amines) is 1. The molecule has 1 heterocycles. The Balaban J connectivity index is 1.75. The Morgan fingerprint density at radius 3 is 2.64 bits per heavy atom. The number of amides is 1. The Bertz CT molecular complexity index is 773. The molecule has 0 aliphatic carbocycles. The molecule has 2 aromatic rings. The first-order valence-corrected chi connectivity index (χ1v) is 8.26. The summed E-state index contributed by atoms with van der Waals surface area (Å²) in [7, 11) is 1.64. The van der Waals surface area contributed by atoms with Crippen LogP contribution in [0.25, 0.3) is 0 Å². The summed E-state index contributed by atoms with van der Waals surface area (Å²) in [6.45, 7) is 0.717. The lowest BCUT2D eigenvalue weighted by Gasteiger charge is -2.26. The molecule has 3 rings (SSSR count). The molecule has 6 heteroatoms. The van der Waals surface area contributed by atoms with Gasteiger partial charge in [0.1, 0.15) is 5.75 Å². The first-order valence-electron chi connectivity index (χ1n) is 8.26. The van der Waals surface area contributed by atoms with E-state index in [1.54, 1.807) is 19.2 Å². The Hall–Kier alpha value is -2.89. The van der Waals surface area contributed by atoms with E-state index in [0.29, 0.717) is 6.54 Å². The number of nitro groups is 1. The minimum atomic E-state index is -0.441. The van der Waals surface area contributed by atoms with Crippen LogP contribution in [0, 0.1) is 10.1 Å². The van der Waals surface area contributed by atoms with Crippen LogP contribution in [0.3, 0.4) is 0 Å². The molecule has 1 atom stereocenters. The molecule has 1 amide bonds. The second-order valence-electron chi connectivity index (χ2n) is 6.09. The molecule has 0 aromatic heterocycles. The zero-order chi connectivity index (χ0) is 17.8. The van der Waals surface area contributed by atoms with Crippen LogP contribution in [-0.2, 0) is 11.2 Å². The minimum absolute atomic E-state index is 0.0155. The molecular formula is C19H20N2O4. The normalized spacial score (nSPS) is 16.7. The summed E-state index contributed by atoms with van der Waals surface area (Å²) in [4.78, 5) is 24.9. The third kappa shape index (κ3) is 3.63. The summed E-state index contributed by atoms with van der Waals surface area (Å²) in [6.07, 6.45) is 2.10. The standard InChI is InChI=1S/C19H20N2O4/c1-25-18-7-3-2-5-16(18)17-6-4-12-20(17)19(22)13-14-8-10-15(11-9-14)21(23)24/h2-3,5,7-11,17H,4,6,12-13H2,1H3/t17-/m1/s1. The largest absolute Gasteiger partial charge is 0.496 e. The van der Waals surface area contributed by atoms with Crippen molar-refractivity contribution in [2.75, 3.05) is 13.7 Å². The zero-order valence-corrected chi connectivity index (χ0v) is 14.1. The van der Waals surface area contributed by atoms with E-state index in [1.807, 2.05) is 29.2 Å². The molecule has 0 N–H and O–H groups in total. The molecule has 0 spiro atoms. The van der Waals surface area contributed by atoms with Gasteiger partial charge in [0.05, 0.1) is 24.5 Å². The lowest BCUT2D eigenvalue weighted by atomic mass is 10.0. The van der Waals surface area contributed by atoms with Gasteiger partial charge in [-0.05, 0) is 24.5 Å². The van der Waals surface area contributed by atoms with Gasteiger partial charge in [0.15, 0.2) is 0 Å². The summed E-state index contributed by atoms with van der Waals surface area (Å²) in [5, 5.41) is 10.7. The summed E-state index contributed by atoms with van der Waals surface area (Å²) in [5.41, 5.74) is 1.84. The van der Waals surface area contributed by atoms with Crippen LogP contribution < -0.4 is 4.74 Å². The molecule has 0 saturated carbocycles. The SMILES string of the molecule is COc1ccccc1[C@H]1CCCN1C(=O)Cc1ccc([N+](=O)[O-])cc1. The maximum absolute atomic E-state index is 12.8. The van der Waals surface area contributed by atoms with E-state index >= 15 is 0 Å². The lowest BCUT2D eigenvalue weighted by molar-refractivity contribution is -0.384. The molecule has 0 unspecified atom stereocenters. The predicted molar refractivity (Wildman–Crippen MR) is 93.5 cm³/mol. The number of nitrogens with zero attached hydrogens (tertiary/aromatic N) is 2. The van der Waals surface area contributed by atoms with E-state index in [9.17, 15) is 14.9 Å². The van der Waals surface area contributed by atoms with Crippen molar-refractivity contribution in [2.45, 2.75) is 25.3 Å². The minimum Gasteiger partial charge on any atom is -0.496 e. The number of nitro benzene ring substituents is 1. The van der Waals surface area contributed by atoms with Crippen molar-refractivity contribution < 1.29 is 14.5 Å². The van der Waals surface area contributed by atoms with Crippen LogP contribution in [0.4, 0.5) is 5.69 Å². The number of rotatable bonds is 5. The summed E-state index contributed by atoms with van der Waals surface area (Å²) in [5.74, 6) is 0.824. The first kappa shape index (κ1) is 17.0. The molecule has 1 saturated heterocycles. The van der Waals surface area contributed by atoms with Crippen LogP contribution in [0.15, 0.2) is 48.5 Å². The topological polar surface area (TPSA) is 72.7 Å². The monoisotopic (exact) mass is 340 g/mol. The number of methoxy groups -OCH3 is 1. The van der Waals surface area contributed by atoms with Gasteiger partial charge in [0.25, 0.3) is 5.69 Å². The van der Waals surface area contributed by atoms with Gasteiger partial charge in [-0.2, -0.15) is 0 Å². The molecule has 2 aromatic carbocycles. The number of hydrogen-bond acceptors (Lipinski definition) is 4. The third-order valence-corrected chi connectivity index (χ3v) is 4.57. The van der Waals surface area contributed by atoms with Gasteiger partial charge in [-0.25, -0.2) is 0 Å². The third-order valence-electron chi connectivity index (χ3n) is 4.57. The molecule has 0 radical (unpaired) electrons. The number of non-ortho nitro benzene ring substituents is 1. The highest BCUT2D eigenvalue weighted by Crippen LogP contribution is 2.37. The average Bonchev–Trinajstić information content (AvgIpc) is 3.11. The van der Waals surface area contributed by atoms with Crippen molar-refractivity contribution in [3.63, 3.8) is 0 Å². The van der Waals surface area contributed by atoms with Gasteiger partial charge in [0, 0.05) is 24.2 Å². The van der Waals surface area contributed by atoms with Crippen molar-refractivity contribution in [3.8, 4) is 5.75 Å². The van der Waals surface area contributed by atoms with Crippen molar-refractivity contribution in [3.05, 3.63) is 69.8 Å². The number of ether oxygens (including phenoxy) is 1. The van der Waals surface area contributed by atoms with Gasteiger partial charge in [-0.3, -0.25) is 14.9 Å². The van der Waals surface area contributed by atoms with Crippen molar-refractivity contribution in [1.29, 1.82) is 0 Å². The van der Waals surface area contributed by atoms with Crippen LogP contribution in [0.5, 0.6) is 5.75 Å². The van der Waals surface area contributed by atoms with Gasteiger partial charge >= 0.3 is 0 Å². The summed E-state index contributed by atoms with van der Waals surface area (Å²) < 4.78 is 5.44. The maximum atomic E-state index is 12.8. The van der Waals surface area contributed by atoms with E-state index in [0.717, 1.165) is 29.7 Å². The van der Waals surface area contributed by atoms with E-state index in [1.165, 1.54) is 12.1 Å². The zero-order valence-electron chi connectivity index (χ0n) is 14.1. The maximum Gasteiger partial charge on any atom is 0.269 e. The van der Waals surface area contributed by atoms with E-state index in [-0.39, 0.29) is 24.1 Å². The molecular weight excluding hydrogens is 320 g/mol. The smallest absolute Gasteiger partial charge is 0.269 e. The average molecular weight is 340 g/mol. The fourth-order valence-electron chi connectivity index (χ4n) is 3.34. The number of carbonyl (C=O) groups is 1. The fourth-order valence-corrected chi connectivity index (χ4v) is 3.34. The predicted octanol–water partition coefficient (Wildman–Crippen LogP) is 3.51. The molecule has 6 nitrogen and oxygen atoms in total. The van der Waals surface area contributed by atoms with E-state index in [4.69, 9.17) is 4.74 Å². The molecule has 25 heavy (non-hydrogen) atoms. The van der Waals surface area contributed by atoms with Crippen LogP contribution in [-0.4, -0.2) is 29.4 Å². The van der Waals surface area contributed by atoms with Crippen molar-refractivity contribution in [2.24, 2.45) is 0 Å². The number of carbonyl (C=O) groups excluding carboxylic acids is 1. The molecule has 1 fully saturated rings. The van der Waals surface area contributed by atoms with Gasteiger partial charge in [0.2, 0.25) is 5.91 Å². The van der Waals surface area contributed by atoms with Crippen LogP contribution >= 0.6 is 0 Å². The lowest BCUT2D eigenvalue weighted by Crippen LogP contribution is -2.32. The van der Waals surface area contributed by atoms with Crippen molar-refractivity contribution in [1.82, 2.24) is 4.90 Å². The Kier molecular flexibility index (Phi) is 4.97. The number of para-hydroxylation sites is 1. The summed E-state index contributed by atoms with van der Waals surface area (Å²) >= 11 is 0. The van der Waals surface area contributed by atoms with Gasteiger partial charge < -0.3 is 9.64 Å². The number of hydrogen-bond donors (Lipinski definition) is 0. The van der Waals surface area contributed by atoms with Crippen molar-refractivity contribution >= 4 is 11.6 Å². The second-order valence-corrected chi connectivity index (χ2v) is 6.09. The Labute approximate surface area is 146 Å². The second kappa shape index (κ2) is 7.34. The molecule has 1 aliphatic heterocycles. The van der Waals surface area contributed by atoms with Gasteiger partial charge in [-0.15, -0.1) is 0 Å². The van der Waals surface area contributed by atoms with Gasteiger partial charge in [-0.1, -0.05) is 30.3 Å². The Morgan fingerprint density at radius 1 is 1.24 bits per heavy atom. The highest BCUT2D eigenvalue weighted by Gasteiger charge is 2.31. The molecule has 1 aliphatic rings. The first-order chi connectivity index (χ1) is 12.1. The quantitative estimate of drug-likeness (QED) is 0.617. The Morgan fingerprint density at radius 2 is 1.96 bits per heavy atom. The highest BCUT2D eigenvalue weighted by atomic mass is 16.6. The van der Waals surface area contributed by atoms with E-state index in [2.05, 4.69) is 0 Å². The highest BCUT2D eigenvalue weighted by molar-refractivity contribution is 5.79. The number of benzene rings is 2. The van der Waals surface area contributed by atoms with Crippen LogP contribution in [0.2, 0.25) is 0 Å². The fraction of sp³-hybridized carbons (Fsp3) is 0.316. The van der Waals surface area contributed by atoms with E-state index < -0.39 is 4.92 Å². The summed E-state index contributed by atoms with van der Waals surface area (Å²) in [6, 6.07) is 14.0. The van der Waals surface area contributed by atoms with Crippen LogP contribution in [0.1, 0.15) is 30.0 Å². The molecule has 130 valence electrons.